The average molecular weight is 231 g/mol. The highest BCUT2D eigenvalue weighted by molar-refractivity contribution is 5.57. The maximum Gasteiger partial charge on any atom is 0.254 e. The molecule has 0 aliphatic heterocycles. The lowest BCUT2D eigenvalue weighted by molar-refractivity contribution is 0.457. The van der Waals surface area contributed by atoms with Crippen LogP contribution >= 0.6 is 0 Å². The number of nitrogen functional groups attached to an aromatic ring is 1. The van der Waals surface area contributed by atoms with Crippen LogP contribution in [0.3, 0.4) is 0 Å². The first-order valence-corrected chi connectivity index (χ1v) is 5.17. The molecule has 0 fully saturated rings. The summed E-state index contributed by atoms with van der Waals surface area (Å²) in [6.45, 7) is 3.57. The molecular formula is C12H13N3O2. The van der Waals surface area contributed by atoms with Crippen LogP contribution in [0.15, 0.2) is 29.1 Å². The van der Waals surface area contributed by atoms with Crippen LogP contribution in [-0.2, 0) is 0 Å². The second-order valence-corrected chi connectivity index (χ2v) is 3.76. The Morgan fingerprint density at radius 2 is 2.12 bits per heavy atom. The molecule has 3 N–H and O–H groups in total. The van der Waals surface area contributed by atoms with Crippen LogP contribution in [0.2, 0.25) is 0 Å². The Morgan fingerprint density at radius 1 is 1.35 bits per heavy atom. The predicted molar refractivity (Wildman–Crippen MR) is 65.3 cm³/mol. The number of aryl methyl sites for hydroxylation is 2. The fourth-order valence-electron chi connectivity index (χ4n) is 1.52. The molecule has 0 amide bonds. The maximum absolute atomic E-state index is 11.3. The lowest BCUT2D eigenvalue weighted by Crippen LogP contribution is -2.08. The molecule has 1 aromatic carbocycles. The number of hydrogen-bond acceptors (Lipinski definition) is 4. The molecule has 0 unspecified atom stereocenters. The van der Waals surface area contributed by atoms with E-state index in [-0.39, 0.29) is 11.4 Å². The van der Waals surface area contributed by atoms with E-state index in [1.165, 1.54) is 6.07 Å². The molecule has 5 heteroatoms. The molecule has 0 aliphatic carbocycles. The molecule has 2 aromatic rings. The Labute approximate surface area is 98.3 Å². The van der Waals surface area contributed by atoms with Gasteiger partial charge in [-0.25, -0.2) is 4.98 Å². The summed E-state index contributed by atoms with van der Waals surface area (Å²) in [6.07, 6.45) is 0. The monoisotopic (exact) mass is 231 g/mol. The van der Waals surface area contributed by atoms with Crippen molar-refractivity contribution in [3.05, 3.63) is 46.0 Å². The van der Waals surface area contributed by atoms with E-state index >= 15 is 0 Å². The zero-order valence-electron chi connectivity index (χ0n) is 9.65. The van der Waals surface area contributed by atoms with Gasteiger partial charge in [-0.2, -0.15) is 0 Å². The third-order valence-electron chi connectivity index (χ3n) is 2.29. The molecule has 1 heterocycles. The van der Waals surface area contributed by atoms with Crippen molar-refractivity contribution in [2.45, 2.75) is 13.8 Å². The molecule has 0 spiro atoms. The molecule has 88 valence electrons. The largest absolute Gasteiger partial charge is 0.436 e. The number of H-pyrrole nitrogens is 1. The van der Waals surface area contributed by atoms with Gasteiger partial charge in [-0.15, -0.1) is 0 Å². The minimum absolute atomic E-state index is 0.243. The summed E-state index contributed by atoms with van der Waals surface area (Å²) in [5, 5.41) is 0. The number of ether oxygens (including phenoxy) is 1. The number of anilines is 1. The van der Waals surface area contributed by atoms with Gasteiger partial charge in [-0.3, -0.25) is 4.79 Å². The summed E-state index contributed by atoms with van der Waals surface area (Å²) in [4.78, 5) is 17.9. The number of aromatic amines is 1. The second-order valence-electron chi connectivity index (χ2n) is 3.76. The summed E-state index contributed by atoms with van der Waals surface area (Å²) in [5.41, 5.74) is 6.97. The maximum atomic E-state index is 11.3. The van der Waals surface area contributed by atoms with Crippen molar-refractivity contribution in [3.8, 4) is 11.6 Å². The Kier molecular flexibility index (Phi) is 2.82. The highest BCUT2D eigenvalue weighted by Gasteiger charge is 2.07. The van der Waals surface area contributed by atoms with Crippen molar-refractivity contribution < 1.29 is 4.74 Å². The summed E-state index contributed by atoms with van der Waals surface area (Å²) in [6, 6.07) is 6.75. The van der Waals surface area contributed by atoms with Gasteiger partial charge in [-0.05, 0) is 25.5 Å². The van der Waals surface area contributed by atoms with Gasteiger partial charge in [0, 0.05) is 0 Å². The van der Waals surface area contributed by atoms with Crippen LogP contribution in [0.25, 0.3) is 0 Å². The van der Waals surface area contributed by atoms with Crippen molar-refractivity contribution in [3.63, 3.8) is 0 Å². The van der Waals surface area contributed by atoms with Crippen LogP contribution in [0.5, 0.6) is 11.6 Å². The molecule has 0 saturated heterocycles. The Hall–Kier alpha value is -2.30. The summed E-state index contributed by atoms with van der Waals surface area (Å²) in [5.74, 6) is 1.27. The second kappa shape index (κ2) is 4.29. The van der Waals surface area contributed by atoms with Gasteiger partial charge < -0.3 is 15.5 Å². The smallest absolute Gasteiger partial charge is 0.254 e. The van der Waals surface area contributed by atoms with E-state index < -0.39 is 0 Å². The highest BCUT2D eigenvalue weighted by atomic mass is 16.5. The zero-order valence-corrected chi connectivity index (χ0v) is 9.65. The molecule has 1 aromatic heterocycles. The number of rotatable bonds is 2. The topological polar surface area (TPSA) is 81.0 Å². The summed E-state index contributed by atoms with van der Waals surface area (Å²) < 4.78 is 5.55. The molecule has 0 atom stereocenters. The van der Waals surface area contributed by atoms with E-state index in [4.69, 9.17) is 10.5 Å². The first-order chi connectivity index (χ1) is 8.06. The first kappa shape index (κ1) is 11.2. The minimum atomic E-state index is -0.250. The predicted octanol–water partition coefficient (Wildman–Crippen LogP) is 1.76. The normalized spacial score (nSPS) is 10.2. The van der Waals surface area contributed by atoms with E-state index in [0.717, 1.165) is 5.56 Å². The van der Waals surface area contributed by atoms with Crippen LogP contribution in [-0.4, -0.2) is 9.97 Å². The highest BCUT2D eigenvalue weighted by Crippen LogP contribution is 2.29. The van der Waals surface area contributed by atoms with Gasteiger partial charge in [0.05, 0.1) is 11.8 Å². The number of benzene rings is 1. The third kappa shape index (κ3) is 2.44. The van der Waals surface area contributed by atoms with Crippen molar-refractivity contribution in [2.75, 3.05) is 5.73 Å². The van der Waals surface area contributed by atoms with Crippen molar-refractivity contribution in [2.24, 2.45) is 0 Å². The first-order valence-electron chi connectivity index (χ1n) is 5.17. The fraction of sp³-hybridized carbons (Fsp3) is 0.167. The lowest BCUT2D eigenvalue weighted by Gasteiger charge is -2.10. The van der Waals surface area contributed by atoms with E-state index in [1.807, 2.05) is 19.1 Å². The van der Waals surface area contributed by atoms with Gasteiger partial charge in [0.15, 0.2) is 5.75 Å². The average Bonchev–Trinajstić information content (AvgIpc) is 2.22. The van der Waals surface area contributed by atoms with Crippen LogP contribution < -0.4 is 16.0 Å². The Morgan fingerprint density at radius 3 is 2.76 bits per heavy atom. The minimum Gasteiger partial charge on any atom is -0.436 e. The Bertz CT molecular complexity index is 585. The fourth-order valence-corrected chi connectivity index (χ4v) is 1.52. The number of nitrogens with two attached hydrogens (primary N) is 1. The number of para-hydroxylation sites is 1. The molecular weight excluding hydrogens is 218 g/mol. The molecule has 0 aliphatic rings. The van der Waals surface area contributed by atoms with Crippen molar-refractivity contribution in [1.29, 1.82) is 0 Å². The van der Waals surface area contributed by atoms with Crippen LogP contribution in [0.4, 0.5) is 5.69 Å². The van der Waals surface area contributed by atoms with E-state index in [1.54, 1.807) is 13.0 Å². The molecule has 2 rings (SSSR count). The standard InChI is InChI=1S/C12H13N3O2/c1-7-4-3-5-9(13)12(7)17-11-6-10(16)14-8(2)15-11/h3-6H,13H2,1-2H3,(H,14,15,16). The SMILES string of the molecule is Cc1nc(Oc2c(C)cccc2N)cc(=O)[nH]1. The van der Waals surface area contributed by atoms with Gasteiger partial charge in [-0.1, -0.05) is 12.1 Å². The number of nitrogens with one attached hydrogen (secondary N) is 1. The number of hydrogen-bond donors (Lipinski definition) is 2. The van der Waals surface area contributed by atoms with E-state index in [9.17, 15) is 4.79 Å². The van der Waals surface area contributed by atoms with Gasteiger partial charge in [0.1, 0.15) is 5.82 Å². The Balaban J connectivity index is 2.41. The van der Waals surface area contributed by atoms with Crippen molar-refractivity contribution in [1.82, 2.24) is 9.97 Å². The van der Waals surface area contributed by atoms with Gasteiger partial charge in [0.2, 0.25) is 5.88 Å². The lowest BCUT2D eigenvalue weighted by atomic mass is 10.2. The number of aromatic nitrogens is 2. The van der Waals surface area contributed by atoms with E-state index in [2.05, 4.69) is 9.97 Å². The quantitative estimate of drug-likeness (QED) is 0.772. The molecule has 0 saturated carbocycles. The third-order valence-corrected chi connectivity index (χ3v) is 2.29. The zero-order chi connectivity index (χ0) is 12.4. The van der Waals surface area contributed by atoms with Crippen LogP contribution in [0.1, 0.15) is 11.4 Å². The molecule has 0 bridgehead atoms. The molecule has 5 nitrogen and oxygen atoms in total. The van der Waals surface area contributed by atoms with Gasteiger partial charge >= 0.3 is 0 Å². The van der Waals surface area contributed by atoms with Gasteiger partial charge in [0.25, 0.3) is 5.56 Å². The van der Waals surface area contributed by atoms with Crippen LogP contribution in [0, 0.1) is 13.8 Å². The molecule has 17 heavy (non-hydrogen) atoms. The molecule has 0 radical (unpaired) electrons. The summed E-state index contributed by atoms with van der Waals surface area (Å²) >= 11 is 0. The summed E-state index contributed by atoms with van der Waals surface area (Å²) in [7, 11) is 0. The van der Waals surface area contributed by atoms with E-state index in [0.29, 0.717) is 17.3 Å². The van der Waals surface area contributed by atoms with Crippen molar-refractivity contribution >= 4 is 5.69 Å². The number of nitrogens with zero attached hydrogens (tertiary/aromatic N) is 1.